The van der Waals surface area contributed by atoms with E-state index in [1.54, 1.807) is 11.0 Å². The minimum Gasteiger partial charge on any atom is -0.340 e. The van der Waals surface area contributed by atoms with Gasteiger partial charge in [0.25, 0.3) is 0 Å². The van der Waals surface area contributed by atoms with Gasteiger partial charge in [-0.15, -0.1) is 0 Å². The van der Waals surface area contributed by atoms with E-state index in [4.69, 9.17) is 5.73 Å². The summed E-state index contributed by atoms with van der Waals surface area (Å²) in [6.07, 6.45) is -2.41. The van der Waals surface area contributed by atoms with Crippen LogP contribution in [0.2, 0.25) is 0 Å². The Hall–Kier alpha value is -1.56. The third kappa shape index (κ3) is 2.52. The molecule has 0 aromatic heterocycles. The molecule has 1 unspecified atom stereocenters. The first kappa shape index (κ1) is 14.4. The fourth-order valence-electron chi connectivity index (χ4n) is 3.02. The maximum Gasteiger partial charge on any atom is 0.416 e. The number of hydrogen-bond donors (Lipinski definition) is 1. The van der Waals surface area contributed by atoms with E-state index in [-0.39, 0.29) is 11.9 Å². The Balaban J connectivity index is 1.87. The highest BCUT2D eigenvalue weighted by Crippen LogP contribution is 2.50. The van der Waals surface area contributed by atoms with Gasteiger partial charge in [0.05, 0.1) is 11.0 Å². The van der Waals surface area contributed by atoms with Crippen molar-refractivity contribution >= 4 is 5.91 Å². The first-order valence-corrected chi connectivity index (χ1v) is 7.06. The third-order valence-electron chi connectivity index (χ3n) is 4.41. The maximum atomic E-state index is 12.8. The van der Waals surface area contributed by atoms with E-state index in [0.717, 1.165) is 18.6 Å². The molecular formula is C15H17F3N2O. The monoisotopic (exact) mass is 298 g/mol. The molecule has 21 heavy (non-hydrogen) atoms. The summed E-state index contributed by atoms with van der Waals surface area (Å²) in [6.45, 7) is 1.10. The van der Waals surface area contributed by atoms with E-state index >= 15 is 0 Å². The van der Waals surface area contributed by atoms with E-state index < -0.39 is 17.2 Å². The first-order chi connectivity index (χ1) is 9.83. The molecule has 0 radical (unpaired) electrons. The number of carbonyl (C=O) groups excluding carboxylic acids is 1. The van der Waals surface area contributed by atoms with Crippen molar-refractivity contribution in [1.82, 2.24) is 4.90 Å². The molecule has 114 valence electrons. The van der Waals surface area contributed by atoms with Crippen LogP contribution in [0.25, 0.3) is 0 Å². The van der Waals surface area contributed by atoms with Crippen molar-refractivity contribution in [3.05, 3.63) is 35.4 Å². The van der Waals surface area contributed by atoms with Gasteiger partial charge in [-0.25, -0.2) is 0 Å². The lowest BCUT2D eigenvalue weighted by Gasteiger charge is -2.24. The molecular weight excluding hydrogens is 281 g/mol. The number of benzene rings is 1. The molecule has 2 aliphatic rings. The van der Waals surface area contributed by atoms with Gasteiger partial charge in [-0.2, -0.15) is 13.2 Å². The Morgan fingerprint density at radius 1 is 1.33 bits per heavy atom. The number of hydrogen-bond acceptors (Lipinski definition) is 2. The van der Waals surface area contributed by atoms with E-state index in [1.807, 2.05) is 0 Å². The van der Waals surface area contributed by atoms with Gasteiger partial charge in [0.15, 0.2) is 0 Å². The highest BCUT2D eigenvalue weighted by molar-refractivity contribution is 5.91. The normalized spacial score (nSPS) is 24.2. The number of rotatable bonds is 2. The predicted molar refractivity (Wildman–Crippen MR) is 71.5 cm³/mol. The molecule has 2 N–H and O–H groups in total. The number of nitrogens with zero attached hydrogens (tertiary/aromatic N) is 1. The fraction of sp³-hybridized carbons (Fsp3) is 0.533. The zero-order valence-electron chi connectivity index (χ0n) is 11.5. The van der Waals surface area contributed by atoms with Crippen molar-refractivity contribution in [2.45, 2.75) is 36.9 Å². The van der Waals surface area contributed by atoms with Crippen molar-refractivity contribution in [2.24, 2.45) is 5.73 Å². The summed E-state index contributed by atoms with van der Waals surface area (Å²) >= 11 is 0. The van der Waals surface area contributed by atoms with Crippen LogP contribution in [0.3, 0.4) is 0 Å². The van der Waals surface area contributed by atoms with E-state index in [9.17, 15) is 18.0 Å². The standard InChI is InChI=1S/C15H17F3N2O/c16-15(17,18)11-3-1-2-10(8-11)14(5-6-14)13(21)20-7-4-12(19)9-20/h1-3,8,12H,4-7,9,19H2. The van der Waals surface area contributed by atoms with Gasteiger partial charge in [0, 0.05) is 19.1 Å². The van der Waals surface area contributed by atoms with Crippen LogP contribution in [0, 0.1) is 0 Å². The Kier molecular flexibility index (Phi) is 3.24. The largest absolute Gasteiger partial charge is 0.416 e. The number of nitrogens with two attached hydrogens (primary N) is 1. The number of likely N-dealkylation sites (tertiary alicyclic amines) is 1. The lowest BCUT2D eigenvalue weighted by molar-refractivity contribution is -0.138. The van der Waals surface area contributed by atoms with Crippen LogP contribution >= 0.6 is 0 Å². The Morgan fingerprint density at radius 3 is 2.57 bits per heavy atom. The van der Waals surface area contributed by atoms with Crippen LogP contribution in [0.4, 0.5) is 13.2 Å². The molecule has 1 saturated carbocycles. The molecule has 1 amide bonds. The Labute approximate surface area is 120 Å². The third-order valence-corrected chi connectivity index (χ3v) is 4.41. The molecule has 0 bridgehead atoms. The molecule has 3 rings (SSSR count). The van der Waals surface area contributed by atoms with Crippen LogP contribution in [-0.4, -0.2) is 29.9 Å². The average molecular weight is 298 g/mol. The van der Waals surface area contributed by atoms with Crippen molar-refractivity contribution in [1.29, 1.82) is 0 Å². The van der Waals surface area contributed by atoms with Gasteiger partial charge < -0.3 is 10.6 Å². The molecule has 1 aromatic carbocycles. The van der Waals surface area contributed by atoms with Crippen LogP contribution in [-0.2, 0) is 16.4 Å². The molecule has 1 heterocycles. The van der Waals surface area contributed by atoms with Gasteiger partial charge >= 0.3 is 6.18 Å². The van der Waals surface area contributed by atoms with E-state index in [0.29, 0.717) is 31.5 Å². The summed E-state index contributed by atoms with van der Waals surface area (Å²) in [5.41, 5.74) is 4.82. The highest BCUT2D eigenvalue weighted by atomic mass is 19.4. The summed E-state index contributed by atoms with van der Waals surface area (Å²) in [5.74, 6) is -0.0743. The molecule has 3 nitrogen and oxygen atoms in total. The minimum absolute atomic E-state index is 0.0220. The maximum absolute atomic E-state index is 12.8. The predicted octanol–water partition coefficient (Wildman–Crippen LogP) is 2.30. The summed E-state index contributed by atoms with van der Waals surface area (Å²) < 4.78 is 38.5. The SMILES string of the molecule is NC1CCN(C(=O)C2(c3cccc(C(F)(F)F)c3)CC2)C1. The minimum atomic E-state index is -4.38. The Morgan fingerprint density at radius 2 is 2.05 bits per heavy atom. The summed E-state index contributed by atoms with van der Waals surface area (Å²) in [4.78, 5) is 14.3. The topological polar surface area (TPSA) is 46.3 Å². The van der Waals surface area contributed by atoms with Crippen LogP contribution in [0.5, 0.6) is 0 Å². The number of halogens is 3. The molecule has 1 atom stereocenters. The molecule has 1 aromatic rings. The van der Waals surface area contributed by atoms with E-state index in [2.05, 4.69) is 0 Å². The van der Waals surface area contributed by atoms with Gasteiger partial charge in [0.1, 0.15) is 0 Å². The number of alkyl halides is 3. The smallest absolute Gasteiger partial charge is 0.340 e. The molecule has 1 aliphatic heterocycles. The van der Waals surface area contributed by atoms with Crippen LogP contribution in [0.15, 0.2) is 24.3 Å². The number of carbonyl (C=O) groups is 1. The zero-order chi connectivity index (χ0) is 15.3. The molecule has 1 aliphatic carbocycles. The fourth-order valence-corrected chi connectivity index (χ4v) is 3.02. The number of amides is 1. The van der Waals surface area contributed by atoms with Crippen molar-refractivity contribution in [2.75, 3.05) is 13.1 Å². The lowest BCUT2D eigenvalue weighted by Crippen LogP contribution is -2.39. The lowest BCUT2D eigenvalue weighted by atomic mass is 9.92. The van der Waals surface area contributed by atoms with Crippen molar-refractivity contribution < 1.29 is 18.0 Å². The second kappa shape index (κ2) is 4.73. The summed E-state index contributed by atoms with van der Waals surface area (Å²) in [5, 5.41) is 0. The zero-order valence-corrected chi connectivity index (χ0v) is 11.5. The van der Waals surface area contributed by atoms with Crippen LogP contribution in [0.1, 0.15) is 30.4 Å². The summed E-state index contributed by atoms with van der Waals surface area (Å²) in [6, 6.07) is 5.12. The second-order valence-corrected chi connectivity index (χ2v) is 5.96. The van der Waals surface area contributed by atoms with Gasteiger partial charge in [0.2, 0.25) is 5.91 Å². The summed E-state index contributed by atoms with van der Waals surface area (Å²) in [7, 11) is 0. The van der Waals surface area contributed by atoms with Crippen LogP contribution < -0.4 is 5.73 Å². The van der Waals surface area contributed by atoms with Gasteiger partial charge in [-0.3, -0.25) is 4.79 Å². The Bertz CT molecular complexity index is 566. The average Bonchev–Trinajstić information content (AvgIpc) is 3.14. The van der Waals surface area contributed by atoms with Gasteiger partial charge in [-0.05, 0) is 30.9 Å². The molecule has 6 heteroatoms. The van der Waals surface area contributed by atoms with E-state index in [1.165, 1.54) is 6.07 Å². The van der Waals surface area contributed by atoms with Crippen molar-refractivity contribution in [3.63, 3.8) is 0 Å². The van der Waals surface area contributed by atoms with Crippen molar-refractivity contribution in [3.8, 4) is 0 Å². The first-order valence-electron chi connectivity index (χ1n) is 7.06. The highest BCUT2D eigenvalue weighted by Gasteiger charge is 2.54. The second-order valence-electron chi connectivity index (χ2n) is 5.96. The molecule has 2 fully saturated rings. The van der Waals surface area contributed by atoms with Gasteiger partial charge in [-0.1, -0.05) is 18.2 Å². The molecule has 0 spiro atoms. The quantitative estimate of drug-likeness (QED) is 0.910. The molecule has 1 saturated heterocycles.